The van der Waals surface area contributed by atoms with E-state index in [9.17, 15) is 4.79 Å². The molecule has 0 aliphatic carbocycles. The predicted molar refractivity (Wildman–Crippen MR) is 112 cm³/mol. The lowest BCUT2D eigenvalue weighted by Crippen LogP contribution is -2.14. The van der Waals surface area contributed by atoms with Gasteiger partial charge in [0.15, 0.2) is 5.16 Å². The molecule has 1 N–H and O–H groups in total. The topological polar surface area (TPSA) is 82.6 Å². The van der Waals surface area contributed by atoms with Crippen LogP contribution in [0.5, 0.6) is 23.1 Å². The van der Waals surface area contributed by atoms with E-state index in [0.717, 1.165) is 0 Å². The highest BCUT2D eigenvalue weighted by Gasteiger charge is 2.09. The smallest absolute Gasteiger partial charge is 0.234 e. The fourth-order valence-electron chi connectivity index (χ4n) is 2.31. The number of hydrogen-bond acceptors (Lipinski definition) is 7. The Balaban J connectivity index is 1.61. The summed E-state index contributed by atoms with van der Waals surface area (Å²) in [5.41, 5.74) is 0.632. The number of carbonyl (C=O) groups excluding carboxylic acids is 1. The van der Waals surface area contributed by atoms with E-state index in [1.807, 2.05) is 0 Å². The standard InChI is InChI=1S/C20H18ClN3O4S/c1-26-15-9-16(27-2)11-17(10-15)28-19-6-7-22-20(24-19)29-12-18(25)23-14-5-3-4-13(21)8-14/h3-11H,12H2,1-2H3,(H,23,25). The molecule has 3 aromatic rings. The van der Waals surface area contributed by atoms with Gasteiger partial charge < -0.3 is 19.5 Å². The molecule has 2 aromatic carbocycles. The number of carbonyl (C=O) groups is 1. The second-order valence-electron chi connectivity index (χ2n) is 5.68. The van der Waals surface area contributed by atoms with E-state index in [4.69, 9.17) is 25.8 Å². The number of rotatable bonds is 8. The van der Waals surface area contributed by atoms with E-state index in [1.54, 1.807) is 68.9 Å². The van der Waals surface area contributed by atoms with Crippen molar-refractivity contribution in [2.24, 2.45) is 0 Å². The number of nitrogens with one attached hydrogen (secondary N) is 1. The van der Waals surface area contributed by atoms with Crippen LogP contribution < -0.4 is 19.5 Å². The van der Waals surface area contributed by atoms with Gasteiger partial charge in [0.1, 0.15) is 17.2 Å². The highest BCUT2D eigenvalue weighted by Crippen LogP contribution is 2.30. The molecule has 0 spiro atoms. The van der Waals surface area contributed by atoms with Crippen LogP contribution in [-0.4, -0.2) is 35.8 Å². The summed E-state index contributed by atoms with van der Waals surface area (Å²) in [6, 6.07) is 13.8. The number of hydrogen-bond donors (Lipinski definition) is 1. The van der Waals surface area contributed by atoms with Gasteiger partial charge in [-0.05, 0) is 18.2 Å². The molecule has 9 heteroatoms. The second kappa shape index (κ2) is 9.99. The van der Waals surface area contributed by atoms with Crippen molar-refractivity contribution in [1.82, 2.24) is 9.97 Å². The van der Waals surface area contributed by atoms with Gasteiger partial charge in [0.05, 0.1) is 20.0 Å². The third-order valence-corrected chi connectivity index (χ3v) is 4.69. The molecule has 0 bridgehead atoms. The predicted octanol–water partition coefficient (Wildman–Crippen LogP) is 4.67. The second-order valence-corrected chi connectivity index (χ2v) is 7.05. The van der Waals surface area contributed by atoms with Gasteiger partial charge in [0, 0.05) is 41.2 Å². The third kappa shape index (κ3) is 6.27. The summed E-state index contributed by atoms with van der Waals surface area (Å²) in [5.74, 6) is 2.00. The molecule has 0 saturated carbocycles. The first-order chi connectivity index (χ1) is 14.1. The molecule has 0 unspecified atom stereocenters. The van der Waals surface area contributed by atoms with Gasteiger partial charge in [-0.2, -0.15) is 4.98 Å². The summed E-state index contributed by atoms with van der Waals surface area (Å²) >= 11 is 7.11. The van der Waals surface area contributed by atoms with Gasteiger partial charge in [0.25, 0.3) is 0 Å². The lowest BCUT2D eigenvalue weighted by atomic mass is 10.3. The van der Waals surface area contributed by atoms with Gasteiger partial charge in [0.2, 0.25) is 11.8 Å². The number of anilines is 1. The van der Waals surface area contributed by atoms with Crippen LogP contribution in [0, 0.1) is 0 Å². The van der Waals surface area contributed by atoms with Gasteiger partial charge >= 0.3 is 0 Å². The summed E-state index contributed by atoms with van der Waals surface area (Å²) in [6.07, 6.45) is 1.57. The zero-order valence-corrected chi connectivity index (χ0v) is 17.3. The van der Waals surface area contributed by atoms with Crippen LogP contribution in [0.1, 0.15) is 0 Å². The Morgan fingerprint density at radius 3 is 2.48 bits per heavy atom. The van der Waals surface area contributed by atoms with Crippen LogP contribution in [0.25, 0.3) is 0 Å². The Morgan fingerprint density at radius 2 is 1.79 bits per heavy atom. The average Bonchev–Trinajstić information content (AvgIpc) is 2.72. The normalized spacial score (nSPS) is 10.3. The Kier molecular flexibility index (Phi) is 7.15. The Bertz CT molecular complexity index is 981. The molecule has 0 saturated heterocycles. The minimum atomic E-state index is -0.190. The quantitative estimate of drug-likeness (QED) is 0.410. The number of aromatic nitrogens is 2. The zero-order chi connectivity index (χ0) is 20.6. The molecule has 0 aliphatic heterocycles. The molecule has 0 atom stereocenters. The van der Waals surface area contributed by atoms with Gasteiger partial charge in [-0.1, -0.05) is 29.4 Å². The summed E-state index contributed by atoms with van der Waals surface area (Å²) in [7, 11) is 3.12. The van der Waals surface area contributed by atoms with Crippen LogP contribution in [0.3, 0.4) is 0 Å². The molecule has 1 amide bonds. The number of amides is 1. The van der Waals surface area contributed by atoms with Crippen LogP contribution in [0.4, 0.5) is 5.69 Å². The molecular formula is C20H18ClN3O4S. The molecule has 1 heterocycles. The first-order valence-corrected chi connectivity index (χ1v) is 9.84. The number of halogens is 1. The number of thioether (sulfide) groups is 1. The van der Waals surface area contributed by atoms with Gasteiger partial charge in [-0.25, -0.2) is 4.98 Å². The molecule has 0 radical (unpaired) electrons. The van der Waals surface area contributed by atoms with Crippen molar-refractivity contribution in [2.45, 2.75) is 5.16 Å². The van der Waals surface area contributed by atoms with E-state index in [2.05, 4.69) is 15.3 Å². The first kappa shape index (κ1) is 20.8. The minimum absolute atomic E-state index is 0.142. The Hall–Kier alpha value is -2.97. The molecule has 3 rings (SSSR count). The van der Waals surface area contributed by atoms with E-state index >= 15 is 0 Å². The van der Waals surface area contributed by atoms with Crippen LogP contribution in [0.2, 0.25) is 5.02 Å². The van der Waals surface area contributed by atoms with E-state index in [0.29, 0.717) is 39.0 Å². The molecular weight excluding hydrogens is 414 g/mol. The van der Waals surface area contributed by atoms with Crippen molar-refractivity contribution >= 4 is 35.0 Å². The summed E-state index contributed by atoms with van der Waals surface area (Å²) in [6.45, 7) is 0. The third-order valence-electron chi connectivity index (χ3n) is 3.60. The maximum Gasteiger partial charge on any atom is 0.234 e. The lowest BCUT2D eigenvalue weighted by Gasteiger charge is -2.10. The summed E-state index contributed by atoms with van der Waals surface area (Å²) < 4.78 is 16.2. The zero-order valence-electron chi connectivity index (χ0n) is 15.7. The SMILES string of the molecule is COc1cc(OC)cc(Oc2ccnc(SCC(=O)Nc3cccc(Cl)c3)n2)c1. The largest absolute Gasteiger partial charge is 0.496 e. The van der Waals surface area contributed by atoms with Gasteiger partial charge in [-0.15, -0.1) is 0 Å². The Labute approximate surface area is 177 Å². The minimum Gasteiger partial charge on any atom is -0.496 e. The Morgan fingerprint density at radius 1 is 1.07 bits per heavy atom. The summed E-state index contributed by atoms with van der Waals surface area (Å²) in [5, 5.41) is 3.74. The highest BCUT2D eigenvalue weighted by atomic mass is 35.5. The van der Waals surface area contributed by atoms with Crippen molar-refractivity contribution in [2.75, 3.05) is 25.3 Å². The van der Waals surface area contributed by atoms with Crippen molar-refractivity contribution in [3.8, 4) is 23.1 Å². The van der Waals surface area contributed by atoms with Crippen molar-refractivity contribution in [1.29, 1.82) is 0 Å². The average molecular weight is 432 g/mol. The molecule has 29 heavy (non-hydrogen) atoms. The van der Waals surface area contributed by atoms with Crippen LogP contribution >= 0.6 is 23.4 Å². The maximum atomic E-state index is 12.1. The molecule has 1 aromatic heterocycles. The monoisotopic (exact) mass is 431 g/mol. The fourth-order valence-corrected chi connectivity index (χ4v) is 3.12. The van der Waals surface area contributed by atoms with E-state index < -0.39 is 0 Å². The number of ether oxygens (including phenoxy) is 3. The number of benzene rings is 2. The highest BCUT2D eigenvalue weighted by molar-refractivity contribution is 7.99. The maximum absolute atomic E-state index is 12.1. The van der Waals surface area contributed by atoms with Crippen LogP contribution in [0.15, 0.2) is 59.9 Å². The first-order valence-electron chi connectivity index (χ1n) is 8.48. The van der Waals surface area contributed by atoms with Crippen molar-refractivity contribution in [3.63, 3.8) is 0 Å². The fraction of sp³-hybridized carbons (Fsp3) is 0.150. The van der Waals surface area contributed by atoms with Crippen molar-refractivity contribution < 1.29 is 19.0 Å². The summed E-state index contributed by atoms with van der Waals surface area (Å²) in [4.78, 5) is 20.6. The van der Waals surface area contributed by atoms with E-state index in [1.165, 1.54) is 11.8 Å². The van der Waals surface area contributed by atoms with Crippen LogP contribution in [-0.2, 0) is 4.79 Å². The number of methoxy groups -OCH3 is 2. The molecule has 150 valence electrons. The molecule has 7 nitrogen and oxygen atoms in total. The van der Waals surface area contributed by atoms with Gasteiger partial charge in [-0.3, -0.25) is 4.79 Å². The molecule has 0 aliphatic rings. The van der Waals surface area contributed by atoms with E-state index in [-0.39, 0.29) is 11.7 Å². The van der Waals surface area contributed by atoms with Crippen molar-refractivity contribution in [3.05, 3.63) is 59.8 Å². The molecule has 0 fully saturated rings. The lowest BCUT2D eigenvalue weighted by molar-refractivity contribution is -0.113. The number of nitrogens with zero attached hydrogens (tertiary/aromatic N) is 2.